The van der Waals surface area contributed by atoms with E-state index in [1.54, 1.807) is 0 Å². The molecule has 0 saturated carbocycles. The molecule has 2 rings (SSSR count). The van der Waals surface area contributed by atoms with E-state index in [2.05, 4.69) is 27.7 Å². The van der Waals surface area contributed by atoms with E-state index in [4.69, 9.17) is 0 Å². The molecule has 1 aromatic carbocycles. The summed E-state index contributed by atoms with van der Waals surface area (Å²) in [5.41, 5.74) is 4.51. The highest BCUT2D eigenvalue weighted by Gasteiger charge is 2.15. The minimum absolute atomic E-state index is 0.0427. The van der Waals surface area contributed by atoms with Crippen LogP contribution in [-0.2, 0) is 17.9 Å². The normalized spacial score (nSPS) is 14.1. The first kappa shape index (κ1) is 14.8. The first-order chi connectivity index (χ1) is 9.58. The molecule has 20 heavy (non-hydrogen) atoms. The van der Waals surface area contributed by atoms with Crippen molar-refractivity contribution in [3.05, 3.63) is 46.5 Å². The molecule has 1 fully saturated rings. The number of nitrogens with zero attached hydrogens (tertiary/aromatic N) is 1. The van der Waals surface area contributed by atoms with Crippen molar-refractivity contribution in [1.82, 2.24) is 15.5 Å². The molecule has 0 radical (unpaired) electrons. The topological polar surface area (TPSA) is 44.4 Å². The Labute approximate surface area is 120 Å². The molecule has 0 bridgehead atoms. The lowest BCUT2D eigenvalue weighted by molar-refractivity contribution is -0.117. The number of carbonyl (C=O) groups excluding carboxylic acids is 1. The number of amides is 1. The van der Waals surface area contributed by atoms with Crippen molar-refractivity contribution in [2.24, 2.45) is 0 Å². The summed E-state index contributed by atoms with van der Waals surface area (Å²) in [5.74, 6) is 0.0427. The molecule has 1 aliphatic rings. The maximum Gasteiger partial charge on any atom is 0.247 e. The van der Waals surface area contributed by atoms with Crippen molar-refractivity contribution in [1.29, 1.82) is 0 Å². The first-order valence-electron chi connectivity index (χ1n) is 6.97. The predicted molar refractivity (Wildman–Crippen MR) is 81.2 cm³/mol. The smallest absolute Gasteiger partial charge is 0.247 e. The molecule has 1 amide bonds. The molecular weight excluding hydrogens is 250 g/mol. The Bertz CT molecular complexity index is 514. The molecule has 1 aliphatic heterocycles. The molecule has 0 aliphatic carbocycles. The van der Waals surface area contributed by atoms with Crippen LogP contribution in [0.3, 0.4) is 0 Å². The minimum Gasteiger partial charge on any atom is -0.348 e. The van der Waals surface area contributed by atoms with E-state index in [-0.39, 0.29) is 5.91 Å². The van der Waals surface area contributed by atoms with Gasteiger partial charge in [-0.05, 0) is 37.7 Å². The fraction of sp³-hybridized carbons (Fsp3) is 0.438. The van der Waals surface area contributed by atoms with E-state index in [9.17, 15) is 4.79 Å². The van der Waals surface area contributed by atoms with Gasteiger partial charge in [0.05, 0.1) is 0 Å². The van der Waals surface area contributed by atoms with Crippen LogP contribution in [-0.4, -0.2) is 38.0 Å². The van der Waals surface area contributed by atoms with E-state index in [1.165, 1.54) is 16.7 Å². The van der Waals surface area contributed by atoms with Gasteiger partial charge < -0.3 is 15.5 Å². The SMILES string of the molecule is CC(C(=O)NCc1ccccc1CN(C)C)=C1CNC1. The lowest BCUT2D eigenvalue weighted by Crippen LogP contribution is -2.37. The third-order valence-electron chi connectivity index (χ3n) is 3.59. The fourth-order valence-electron chi connectivity index (χ4n) is 2.21. The Hall–Kier alpha value is -1.65. The van der Waals surface area contributed by atoms with Crippen LogP contribution in [0.1, 0.15) is 18.1 Å². The molecule has 0 unspecified atom stereocenters. The first-order valence-corrected chi connectivity index (χ1v) is 6.97. The molecule has 0 aromatic heterocycles. The van der Waals surface area contributed by atoms with Crippen molar-refractivity contribution >= 4 is 5.91 Å². The van der Waals surface area contributed by atoms with Crippen molar-refractivity contribution in [3.8, 4) is 0 Å². The van der Waals surface area contributed by atoms with Gasteiger partial charge in [-0.1, -0.05) is 24.3 Å². The summed E-state index contributed by atoms with van der Waals surface area (Å²) in [5, 5.41) is 6.18. The van der Waals surface area contributed by atoms with Gasteiger partial charge in [-0.3, -0.25) is 4.79 Å². The van der Waals surface area contributed by atoms with Gasteiger partial charge in [-0.2, -0.15) is 0 Å². The maximum absolute atomic E-state index is 12.1. The Morgan fingerprint density at radius 2 is 1.90 bits per heavy atom. The van der Waals surface area contributed by atoms with Crippen molar-refractivity contribution < 1.29 is 4.79 Å². The van der Waals surface area contributed by atoms with Crippen molar-refractivity contribution in [2.75, 3.05) is 27.2 Å². The third-order valence-corrected chi connectivity index (χ3v) is 3.59. The summed E-state index contributed by atoms with van der Waals surface area (Å²) >= 11 is 0. The van der Waals surface area contributed by atoms with Crippen LogP contribution in [0.4, 0.5) is 0 Å². The highest BCUT2D eigenvalue weighted by atomic mass is 16.1. The van der Waals surface area contributed by atoms with Gasteiger partial charge >= 0.3 is 0 Å². The molecule has 1 aromatic rings. The summed E-state index contributed by atoms with van der Waals surface area (Å²) in [6.07, 6.45) is 0. The highest BCUT2D eigenvalue weighted by molar-refractivity contribution is 5.93. The van der Waals surface area contributed by atoms with Gasteiger partial charge in [0.2, 0.25) is 5.91 Å². The zero-order valence-corrected chi connectivity index (χ0v) is 12.5. The minimum atomic E-state index is 0.0427. The fourth-order valence-corrected chi connectivity index (χ4v) is 2.21. The molecule has 4 heteroatoms. The lowest BCUT2D eigenvalue weighted by Gasteiger charge is -2.21. The Kier molecular flexibility index (Phi) is 4.93. The van der Waals surface area contributed by atoms with E-state index in [1.807, 2.05) is 33.2 Å². The van der Waals surface area contributed by atoms with Gasteiger partial charge in [-0.15, -0.1) is 0 Å². The highest BCUT2D eigenvalue weighted by Crippen LogP contribution is 2.12. The van der Waals surface area contributed by atoms with Crippen molar-refractivity contribution in [2.45, 2.75) is 20.0 Å². The standard InChI is InChI=1S/C16H23N3O/c1-12(15-8-17-9-15)16(20)18-10-13-6-4-5-7-14(13)11-19(2)3/h4-7,17H,8-11H2,1-3H3,(H,18,20). The zero-order chi connectivity index (χ0) is 14.5. The van der Waals surface area contributed by atoms with Gasteiger partial charge in [-0.25, -0.2) is 0 Å². The molecule has 4 nitrogen and oxygen atoms in total. The number of nitrogens with one attached hydrogen (secondary N) is 2. The van der Waals surface area contributed by atoms with Crippen LogP contribution in [0, 0.1) is 0 Å². The molecule has 1 saturated heterocycles. The average molecular weight is 273 g/mol. The summed E-state index contributed by atoms with van der Waals surface area (Å²) in [6.45, 7) is 5.06. The number of rotatable bonds is 5. The molecule has 1 heterocycles. The van der Waals surface area contributed by atoms with Crippen LogP contribution < -0.4 is 10.6 Å². The van der Waals surface area contributed by atoms with Crippen molar-refractivity contribution in [3.63, 3.8) is 0 Å². The molecule has 0 atom stereocenters. The predicted octanol–water partition coefficient (Wildman–Crippen LogP) is 1.28. The van der Waals surface area contributed by atoms with Gasteiger partial charge in [0, 0.05) is 31.8 Å². The number of carbonyl (C=O) groups is 1. The summed E-state index contributed by atoms with van der Waals surface area (Å²) in [6, 6.07) is 8.24. The number of hydrogen-bond donors (Lipinski definition) is 2. The third kappa shape index (κ3) is 3.68. The second kappa shape index (κ2) is 6.68. The van der Waals surface area contributed by atoms with Crippen LogP contribution >= 0.6 is 0 Å². The van der Waals surface area contributed by atoms with Crippen LogP contribution in [0.2, 0.25) is 0 Å². The van der Waals surface area contributed by atoms with Gasteiger partial charge in [0.1, 0.15) is 0 Å². The lowest BCUT2D eigenvalue weighted by atomic mass is 10.0. The molecule has 108 valence electrons. The zero-order valence-electron chi connectivity index (χ0n) is 12.5. The largest absolute Gasteiger partial charge is 0.348 e. The van der Waals surface area contributed by atoms with Crippen LogP contribution in [0.15, 0.2) is 35.4 Å². The molecular formula is C16H23N3O. The summed E-state index contributed by atoms with van der Waals surface area (Å²) in [7, 11) is 4.10. The van der Waals surface area contributed by atoms with E-state index in [0.29, 0.717) is 6.54 Å². The van der Waals surface area contributed by atoms with E-state index >= 15 is 0 Å². The summed E-state index contributed by atoms with van der Waals surface area (Å²) < 4.78 is 0. The van der Waals surface area contributed by atoms with Gasteiger partial charge in [0.25, 0.3) is 0 Å². The number of hydrogen-bond acceptors (Lipinski definition) is 3. The molecule has 0 spiro atoms. The van der Waals surface area contributed by atoms with Crippen LogP contribution in [0.5, 0.6) is 0 Å². The maximum atomic E-state index is 12.1. The Morgan fingerprint density at radius 1 is 1.25 bits per heavy atom. The Morgan fingerprint density at radius 3 is 2.45 bits per heavy atom. The molecule has 2 N–H and O–H groups in total. The quantitative estimate of drug-likeness (QED) is 0.795. The Balaban J connectivity index is 1.98. The second-order valence-corrected chi connectivity index (χ2v) is 5.52. The van der Waals surface area contributed by atoms with Crippen LogP contribution in [0.25, 0.3) is 0 Å². The summed E-state index contributed by atoms with van der Waals surface area (Å²) in [4.78, 5) is 14.2. The average Bonchev–Trinajstić information content (AvgIpc) is 2.34. The van der Waals surface area contributed by atoms with Gasteiger partial charge in [0.15, 0.2) is 0 Å². The number of benzene rings is 1. The second-order valence-electron chi connectivity index (χ2n) is 5.52. The monoisotopic (exact) mass is 273 g/mol. The van der Waals surface area contributed by atoms with E-state index in [0.717, 1.165) is 25.2 Å². The van der Waals surface area contributed by atoms with E-state index < -0.39 is 0 Å².